The molecule has 2 heterocycles. The summed E-state index contributed by atoms with van der Waals surface area (Å²) in [6, 6.07) is 16.4. The van der Waals surface area contributed by atoms with Crippen molar-refractivity contribution in [3.05, 3.63) is 77.7 Å². The fourth-order valence-corrected chi connectivity index (χ4v) is 3.72. The summed E-state index contributed by atoms with van der Waals surface area (Å²) in [4.78, 5) is 27.4. The zero-order valence-corrected chi connectivity index (χ0v) is 17.9. The molecule has 31 heavy (non-hydrogen) atoms. The van der Waals surface area contributed by atoms with Crippen LogP contribution in [0.4, 0.5) is 17.1 Å². The third-order valence-electron chi connectivity index (χ3n) is 5.77. The largest absolute Gasteiger partial charge is 0.459 e. The molecule has 1 aromatic heterocycles. The molecular weight excluding hydrogens is 390 g/mol. The summed E-state index contributed by atoms with van der Waals surface area (Å²) < 4.78 is 5.13. The van der Waals surface area contributed by atoms with Crippen LogP contribution in [0.5, 0.6) is 0 Å². The van der Waals surface area contributed by atoms with Gasteiger partial charge in [0.15, 0.2) is 5.76 Å². The van der Waals surface area contributed by atoms with Gasteiger partial charge in [-0.2, -0.15) is 0 Å². The van der Waals surface area contributed by atoms with E-state index in [9.17, 15) is 9.59 Å². The minimum Gasteiger partial charge on any atom is -0.459 e. The minimum absolute atomic E-state index is 0.220. The second kappa shape index (κ2) is 9.08. The van der Waals surface area contributed by atoms with Crippen molar-refractivity contribution >= 4 is 28.9 Å². The van der Waals surface area contributed by atoms with Crippen LogP contribution in [0, 0.1) is 12.8 Å². The van der Waals surface area contributed by atoms with Crippen LogP contribution in [0.3, 0.4) is 0 Å². The zero-order chi connectivity index (χ0) is 21.8. The Kier molecular flexibility index (Phi) is 6.07. The molecule has 6 nitrogen and oxygen atoms in total. The molecule has 0 aliphatic carbocycles. The Bertz CT molecular complexity index is 1050. The van der Waals surface area contributed by atoms with Crippen LogP contribution in [-0.4, -0.2) is 24.9 Å². The fraction of sp³-hybridized carbons (Fsp3) is 0.280. The number of amides is 2. The van der Waals surface area contributed by atoms with Crippen LogP contribution in [-0.2, 0) is 0 Å². The Morgan fingerprint density at radius 1 is 0.968 bits per heavy atom. The van der Waals surface area contributed by atoms with Crippen molar-refractivity contribution in [2.24, 2.45) is 5.92 Å². The van der Waals surface area contributed by atoms with Gasteiger partial charge in [-0.15, -0.1) is 0 Å². The molecule has 6 heteroatoms. The molecule has 1 aliphatic heterocycles. The van der Waals surface area contributed by atoms with Gasteiger partial charge in [0.25, 0.3) is 11.8 Å². The highest BCUT2D eigenvalue weighted by Gasteiger charge is 2.16. The Labute approximate surface area is 182 Å². The number of hydrogen-bond donors (Lipinski definition) is 2. The number of rotatable bonds is 5. The zero-order valence-electron chi connectivity index (χ0n) is 17.9. The van der Waals surface area contributed by atoms with Crippen LogP contribution >= 0.6 is 0 Å². The van der Waals surface area contributed by atoms with E-state index in [-0.39, 0.29) is 17.6 Å². The van der Waals surface area contributed by atoms with Gasteiger partial charge in [0.05, 0.1) is 6.26 Å². The first-order chi connectivity index (χ1) is 15.0. The third-order valence-corrected chi connectivity index (χ3v) is 5.77. The SMILES string of the molecule is Cc1ccc(C(=O)Nc2ccc(N3CCC(C)CC3)cc2)cc1NC(=O)c1ccco1. The summed E-state index contributed by atoms with van der Waals surface area (Å²) >= 11 is 0. The molecule has 1 saturated heterocycles. The molecule has 1 aliphatic rings. The van der Waals surface area contributed by atoms with E-state index >= 15 is 0 Å². The van der Waals surface area contributed by atoms with Gasteiger partial charge < -0.3 is 20.0 Å². The lowest BCUT2D eigenvalue weighted by molar-refractivity contribution is 0.0993. The highest BCUT2D eigenvalue weighted by molar-refractivity contribution is 6.07. The number of piperidine rings is 1. The lowest BCUT2D eigenvalue weighted by Gasteiger charge is -2.32. The van der Waals surface area contributed by atoms with Crippen LogP contribution in [0.15, 0.2) is 65.3 Å². The lowest BCUT2D eigenvalue weighted by atomic mass is 9.99. The number of aryl methyl sites for hydroxylation is 1. The Morgan fingerprint density at radius 2 is 1.71 bits per heavy atom. The maximum atomic E-state index is 12.8. The van der Waals surface area contributed by atoms with Gasteiger partial charge in [0.2, 0.25) is 0 Å². The van der Waals surface area contributed by atoms with Crippen molar-refractivity contribution in [1.82, 2.24) is 0 Å². The molecule has 2 amide bonds. The fourth-order valence-electron chi connectivity index (χ4n) is 3.72. The number of carbonyl (C=O) groups excluding carboxylic acids is 2. The maximum absolute atomic E-state index is 12.8. The van der Waals surface area contributed by atoms with Gasteiger partial charge in [-0.05, 0) is 79.8 Å². The molecule has 2 N–H and O–H groups in total. The van der Waals surface area contributed by atoms with Crippen molar-refractivity contribution in [3.63, 3.8) is 0 Å². The first-order valence-corrected chi connectivity index (χ1v) is 10.6. The van der Waals surface area contributed by atoms with Gasteiger partial charge in [0, 0.05) is 35.7 Å². The first kappa shape index (κ1) is 20.7. The van der Waals surface area contributed by atoms with E-state index in [1.54, 1.807) is 24.3 Å². The topological polar surface area (TPSA) is 74.6 Å². The van der Waals surface area contributed by atoms with Crippen LogP contribution in [0.2, 0.25) is 0 Å². The quantitative estimate of drug-likeness (QED) is 0.588. The summed E-state index contributed by atoms with van der Waals surface area (Å²) in [5.74, 6) is 0.428. The van der Waals surface area contributed by atoms with E-state index in [1.807, 2.05) is 25.1 Å². The normalized spacial score (nSPS) is 14.3. The van der Waals surface area contributed by atoms with Gasteiger partial charge in [0.1, 0.15) is 0 Å². The lowest BCUT2D eigenvalue weighted by Crippen LogP contribution is -2.32. The van der Waals surface area contributed by atoms with Gasteiger partial charge >= 0.3 is 0 Å². The Balaban J connectivity index is 1.42. The highest BCUT2D eigenvalue weighted by Crippen LogP contribution is 2.25. The van der Waals surface area contributed by atoms with Crippen LogP contribution in [0.1, 0.15) is 46.2 Å². The predicted molar refractivity (Wildman–Crippen MR) is 123 cm³/mol. The number of furan rings is 1. The number of hydrogen-bond acceptors (Lipinski definition) is 4. The summed E-state index contributed by atoms with van der Waals surface area (Å²) in [5.41, 5.74) is 3.82. The monoisotopic (exact) mass is 417 g/mol. The van der Waals surface area contributed by atoms with E-state index in [0.29, 0.717) is 11.3 Å². The molecule has 4 rings (SSSR count). The molecule has 0 spiro atoms. The Hall–Kier alpha value is -3.54. The highest BCUT2D eigenvalue weighted by atomic mass is 16.3. The number of anilines is 3. The molecule has 0 atom stereocenters. The average molecular weight is 418 g/mol. The summed E-state index contributed by atoms with van der Waals surface area (Å²) in [5, 5.41) is 5.73. The van der Waals surface area contributed by atoms with E-state index in [0.717, 1.165) is 30.3 Å². The number of nitrogens with zero attached hydrogens (tertiary/aromatic N) is 1. The standard InChI is InChI=1S/C25H27N3O3/c1-17-11-13-28(14-12-17)21-9-7-20(8-10-21)26-24(29)19-6-5-18(2)22(16-19)27-25(30)23-4-3-15-31-23/h3-10,15-17H,11-14H2,1-2H3,(H,26,29)(H,27,30). The smallest absolute Gasteiger partial charge is 0.291 e. The molecular formula is C25H27N3O3. The second-order valence-corrected chi connectivity index (χ2v) is 8.13. The van der Waals surface area contributed by atoms with E-state index < -0.39 is 0 Å². The Morgan fingerprint density at radius 3 is 2.39 bits per heavy atom. The van der Waals surface area contributed by atoms with Crippen LogP contribution in [0.25, 0.3) is 0 Å². The average Bonchev–Trinajstić information content (AvgIpc) is 3.31. The number of nitrogens with one attached hydrogen (secondary N) is 2. The predicted octanol–water partition coefficient (Wildman–Crippen LogP) is 5.33. The van der Waals surface area contributed by atoms with Gasteiger partial charge in [-0.25, -0.2) is 0 Å². The number of benzene rings is 2. The molecule has 160 valence electrons. The summed E-state index contributed by atoms with van der Waals surface area (Å²) in [6.07, 6.45) is 3.87. The molecule has 3 aromatic rings. The van der Waals surface area contributed by atoms with Crippen molar-refractivity contribution in [1.29, 1.82) is 0 Å². The van der Waals surface area contributed by atoms with Crippen LogP contribution < -0.4 is 15.5 Å². The minimum atomic E-state index is -0.353. The molecule has 0 saturated carbocycles. The van der Waals surface area contributed by atoms with Gasteiger partial charge in [-0.1, -0.05) is 13.0 Å². The van der Waals surface area contributed by atoms with E-state index in [1.165, 1.54) is 24.8 Å². The third kappa shape index (κ3) is 4.97. The van der Waals surface area contributed by atoms with Crippen molar-refractivity contribution in [3.8, 4) is 0 Å². The summed E-state index contributed by atoms with van der Waals surface area (Å²) in [6.45, 7) is 6.32. The van der Waals surface area contributed by atoms with Gasteiger partial charge in [-0.3, -0.25) is 9.59 Å². The van der Waals surface area contributed by atoms with E-state index in [4.69, 9.17) is 4.42 Å². The number of carbonyl (C=O) groups is 2. The molecule has 0 radical (unpaired) electrons. The first-order valence-electron chi connectivity index (χ1n) is 10.6. The molecule has 2 aromatic carbocycles. The summed E-state index contributed by atoms with van der Waals surface area (Å²) in [7, 11) is 0. The second-order valence-electron chi connectivity index (χ2n) is 8.13. The molecule has 1 fully saturated rings. The van der Waals surface area contributed by atoms with Crippen molar-refractivity contribution < 1.29 is 14.0 Å². The molecule has 0 unspecified atom stereocenters. The maximum Gasteiger partial charge on any atom is 0.291 e. The van der Waals surface area contributed by atoms with Crippen molar-refractivity contribution in [2.75, 3.05) is 28.6 Å². The molecule has 0 bridgehead atoms. The van der Waals surface area contributed by atoms with E-state index in [2.05, 4.69) is 34.6 Å². The van der Waals surface area contributed by atoms with Crippen molar-refractivity contribution in [2.45, 2.75) is 26.7 Å².